The van der Waals surface area contributed by atoms with Crippen LogP contribution in [0.4, 0.5) is 0 Å². The van der Waals surface area contributed by atoms with Crippen LogP contribution in [0, 0.1) is 20.8 Å². The van der Waals surface area contributed by atoms with Crippen molar-refractivity contribution >= 4 is 20.9 Å². The zero-order valence-electron chi connectivity index (χ0n) is 19.5. The van der Waals surface area contributed by atoms with Crippen LogP contribution >= 0.6 is 0 Å². The van der Waals surface area contributed by atoms with Crippen LogP contribution in [0.1, 0.15) is 35.1 Å². The quantitative estimate of drug-likeness (QED) is 0.567. The molecule has 0 saturated carbocycles. The van der Waals surface area contributed by atoms with Crippen LogP contribution in [-0.2, 0) is 21.3 Å². The van der Waals surface area contributed by atoms with Crippen molar-refractivity contribution in [1.29, 1.82) is 0 Å². The molecule has 2 heterocycles. The van der Waals surface area contributed by atoms with E-state index in [2.05, 4.69) is 4.98 Å². The van der Waals surface area contributed by atoms with Gasteiger partial charge in [-0.05, 0) is 69.0 Å². The second kappa shape index (κ2) is 9.29. The minimum absolute atomic E-state index is 0.0442. The Morgan fingerprint density at radius 1 is 1.12 bits per heavy atom. The van der Waals surface area contributed by atoms with Crippen LogP contribution in [0.2, 0.25) is 0 Å². The van der Waals surface area contributed by atoms with Crippen molar-refractivity contribution in [3.63, 3.8) is 0 Å². The van der Waals surface area contributed by atoms with Crippen LogP contribution < -0.4 is 10.3 Å². The molecule has 1 saturated heterocycles. The highest BCUT2D eigenvalue weighted by atomic mass is 32.2. The summed E-state index contributed by atoms with van der Waals surface area (Å²) in [4.78, 5) is 16.0. The number of nitrogens with one attached hydrogen (secondary N) is 1. The number of pyridine rings is 1. The third-order valence-electron chi connectivity index (χ3n) is 6.11. The van der Waals surface area contributed by atoms with Gasteiger partial charge in [-0.2, -0.15) is 4.31 Å². The second-order valence-corrected chi connectivity index (χ2v) is 10.6. The second-order valence-electron chi connectivity index (χ2n) is 8.74. The number of ether oxygens (including phenoxy) is 2. The summed E-state index contributed by atoms with van der Waals surface area (Å²) in [5.74, 6) is 0.662. The molecule has 0 bridgehead atoms. The fourth-order valence-electron chi connectivity index (χ4n) is 4.63. The van der Waals surface area contributed by atoms with Crippen LogP contribution in [0.15, 0.2) is 46.1 Å². The Morgan fingerprint density at radius 2 is 1.85 bits per heavy atom. The SMILES string of the molecule is COc1ccc2[nH]c(=O)c(CN(C[C@H]3CCCO3)S(=O)(=O)c3c(C)cc(C)cc3C)cc2c1. The number of nitrogens with zero attached hydrogens (tertiary/aromatic N) is 1. The number of hydrogen-bond donors (Lipinski definition) is 1. The molecule has 3 aromatic rings. The van der Waals surface area contributed by atoms with Crippen molar-refractivity contribution < 1.29 is 17.9 Å². The van der Waals surface area contributed by atoms with E-state index in [1.165, 1.54) is 4.31 Å². The van der Waals surface area contributed by atoms with Gasteiger partial charge in [0.1, 0.15) is 5.75 Å². The molecule has 33 heavy (non-hydrogen) atoms. The van der Waals surface area contributed by atoms with Gasteiger partial charge in [0.15, 0.2) is 0 Å². The van der Waals surface area contributed by atoms with E-state index in [4.69, 9.17) is 9.47 Å². The molecule has 8 heteroatoms. The number of sulfonamides is 1. The monoisotopic (exact) mass is 470 g/mol. The number of hydrogen-bond acceptors (Lipinski definition) is 5. The maximum atomic E-state index is 13.9. The molecular weight excluding hydrogens is 440 g/mol. The van der Waals surface area contributed by atoms with Crippen molar-refractivity contribution in [3.05, 3.63) is 69.0 Å². The van der Waals surface area contributed by atoms with Crippen LogP contribution in [-0.4, -0.2) is 44.1 Å². The molecule has 0 amide bonds. The number of fused-ring (bicyclic) bond motifs is 1. The van der Waals surface area contributed by atoms with E-state index in [0.717, 1.165) is 23.8 Å². The van der Waals surface area contributed by atoms with Gasteiger partial charge in [0, 0.05) is 36.2 Å². The third kappa shape index (κ3) is 4.83. The van der Waals surface area contributed by atoms with E-state index >= 15 is 0 Å². The van der Waals surface area contributed by atoms with E-state index in [1.54, 1.807) is 25.3 Å². The first-order chi connectivity index (χ1) is 15.7. The lowest BCUT2D eigenvalue weighted by molar-refractivity contribution is 0.0925. The molecule has 7 nitrogen and oxygen atoms in total. The molecule has 4 rings (SSSR count). The lowest BCUT2D eigenvalue weighted by Gasteiger charge is -2.26. The summed E-state index contributed by atoms with van der Waals surface area (Å²) in [6, 6.07) is 10.9. The Kier molecular flexibility index (Phi) is 6.61. The van der Waals surface area contributed by atoms with Gasteiger partial charge < -0.3 is 14.5 Å². The van der Waals surface area contributed by atoms with Gasteiger partial charge in [0.25, 0.3) is 5.56 Å². The minimum atomic E-state index is -3.87. The Balaban J connectivity index is 1.78. The van der Waals surface area contributed by atoms with E-state index in [0.29, 0.717) is 39.5 Å². The number of aromatic amines is 1. The molecule has 1 aliphatic heterocycles. The molecule has 2 aromatic carbocycles. The summed E-state index contributed by atoms with van der Waals surface area (Å²) in [6.45, 7) is 6.35. The van der Waals surface area contributed by atoms with Crippen LogP contribution in [0.25, 0.3) is 10.9 Å². The molecule has 0 unspecified atom stereocenters. The van der Waals surface area contributed by atoms with Crippen molar-refractivity contribution in [2.24, 2.45) is 0 Å². The first-order valence-electron chi connectivity index (χ1n) is 11.1. The molecule has 1 fully saturated rings. The van der Waals surface area contributed by atoms with Crippen molar-refractivity contribution in [3.8, 4) is 5.75 Å². The molecule has 0 spiro atoms. The maximum Gasteiger partial charge on any atom is 0.252 e. The standard InChI is InChI=1S/C25H30N2O5S/c1-16-10-17(2)24(18(3)11-16)33(29,30)27(15-22-6-5-9-32-22)14-20-12-19-13-21(31-4)7-8-23(19)26-25(20)28/h7-8,10-13,22H,5-6,9,14-15H2,1-4H3,(H,26,28)/t22-/m1/s1. The van der Waals surface area contributed by atoms with Gasteiger partial charge in [0.05, 0.1) is 18.1 Å². The molecule has 1 atom stereocenters. The van der Waals surface area contributed by atoms with Gasteiger partial charge in [-0.1, -0.05) is 17.7 Å². The van der Waals surface area contributed by atoms with Crippen LogP contribution in [0.3, 0.4) is 0 Å². The zero-order chi connectivity index (χ0) is 23.8. The first kappa shape index (κ1) is 23.5. The lowest BCUT2D eigenvalue weighted by Crippen LogP contribution is -2.38. The lowest BCUT2D eigenvalue weighted by atomic mass is 10.1. The summed E-state index contributed by atoms with van der Waals surface area (Å²) in [7, 11) is -2.29. The number of aryl methyl sites for hydroxylation is 3. The Labute approximate surface area is 194 Å². The van der Waals surface area contributed by atoms with Gasteiger partial charge in [0.2, 0.25) is 10.0 Å². The van der Waals surface area contributed by atoms with Gasteiger partial charge in [-0.3, -0.25) is 4.79 Å². The topological polar surface area (TPSA) is 88.7 Å². The highest BCUT2D eigenvalue weighted by molar-refractivity contribution is 7.89. The average Bonchev–Trinajstić information content (AvgIpc) is 3.25. The Bertz CT molecular complexity index is 1320. The van der Waals surface area contributed by atoms with E-state index in [-0.39, 0.29) is 24.8 Å². The smallest absolute Gasteiger partial charge is 0.252 e. The molecule has 176 valence electrons. The van der Waals surface area contributed by atoms with E-state index < -0.39 is 10.0 Å². The number of methoxy groups -OCH3 is 1. The summed E-state index contributed by atoms with van der Waals surface area (Å²) < 4.78 is 40.2. The minimum Gasteiger partial charge on any atom is -0.497 e. The molecule has 1 N–H and O–H groups in total. The fourth-order valence-corrected chi connectivity index (χ4v) is 6.49. The summed E-state index contributed by atoms with van der Waals surface area (Å²) in [5.41, 5.74) is 3.14. The summed E-state index contributed by atoms with van der Waals surface area (Å²) in [5, 5.41) is 0.779. The molecule has 0 aliphatic carbocycles. The predicted octanol–water partition coefficient (Wildman–Crippen LogP) is 3.83. The number of rotatable bonds is 7. The molecular formula is C25H30N2O5S. The largest absolute Gasteiger partial charge is 0.497 e. The third-order valence-corrected chi connectivity index (χ3v) is 8.23. The van der Waals surface area contributed by atoms with Crippen molar-refractivity contribution in [1.82, 2.24) is 9.29 Å². The Hall–Kier alpha value is -2.68. The van der Waals surface area contributed by atoms with Crippen molar-refractivity contribution in [2.75, 3.05) is 20.3 Å². The normalized spacial score (nSPS) is 16.6. The highest BCUT2D eigenvalue weighted by Gasteiger charge is 2.32. The van der Waals surface area contributed by atoms with E-state index in [1.807, 2.05) is 39.0 Å². The van der Waals surface area contributed by atoms with E-state index in [9.17, 15) is 13.2 Å². The van der Waals surface area contributed by atoms with Gasteiger partial charge >= 0.3 is 0 Å². The molecule has 0 radical (unpaired) electrons. The summed E-state index contributed by atoms with van der Waals surface area (Å²) >= 11 is 0. The summed E-state index contributed by atoms with van der Waals surface area (Å²) in [6.07, 6.45) is 1.51. The maximum absolute atomic E-state index is 13.9. The number of aromatic nitrogens is 1. The predicted molar refractivity (Wildman–Crippen MR) is 128 cm³/mol. The Morgan fingerprint density at radius 3 is 2.48 bits per heavy atom. The molecule has 1 aliphatic rings. The van der Waals surface area contributed by atoms with Gasteiger partial charge in [-0.25, -0.2) is 8.42 Å². The zero-order valence-corrected chi connectivity index (χ0v) is 20.3. The number of H-pyrrole nitrogens is 1. The highest BCUT2D eigenvalue weighted by Crippen LogP contribution is 2.28. The molecule has 1 aromatic heterocycles. The average molecular weight is 471 g/mol. The first-order valence-corrected chi connectivity index (χ1v) is 12.5. The van der Waals surface area contributed by atoms with Crippen molar-refractivity contribution in [2.45, 2.75) is 51.2 Å². The fraction of sp³-hybridized carbons (Fsp3) is 0.400. The number of benzene rings is 2. The van der Waals surface area contributed by atoms with Crippen LogP contribution in [0.5, 0.6) is 5.75 Å². The van der Waals surface area contributed by atoms with Gasteiger partial charge in [-0.15, -0.1) is 0 Å².